The van der Waals surface area contributed by atoms with Crippen molar-refractivity contribution >= 4 is 17.6 Å². The second kappa shape index (κ2) is 7.26. The number of carbonyl (C=O) groups is 2. The second-order valence-corrected chi connectivity index (χ2v) is 3.80. The highest BCUT2D eigenvalue weighted by atomic mass is 16.7. The van der Waals surface area contributed by atoms with Crippen LogP contribution in [0.1, 0.15) is 43.1 Å². The molecule has 98 valence electrons. The van der Waals surface area contributed by atoms with Crippen molar-refractivity contribution in [1.82, 2.24) is 10.5 Å². The fraction of sp³-hybridized carbons (Fsp3) is 0.417. The molecule has 0 aliphatic carbocycles. The molecule has 1 aromatic rings. The molecule has 0 bridgehead atoms. The summed E-state index contributed by atoms with van der Waals surface area (Å²) in [6.45, 7) is 2.04. The van der Waals surface area contributed by atoms with Crippen molar-refractivity contribution in [3.63, 3.8) is 0 Å². The lowest BCUT2D eigenvalue weighted by molar-refractivity contribution is -0.149. The number of aromatic nitrogens is 1. The molecule has 6 nitrogen and oxygen atoms in total. The smallest absolute Gasteiger partial charge is 0.332 e. The average molecular weight is 251 g/mol. The summed E-state index contributed by atoms with van der Waals surface area (Å²) >= 11 is 0. The molecule has 0 atom stereocenters. The summed E-state index contributed by atoms with van der Waals surface area (Å²) in [6.07, 6.45) is 4.44. The van der Waals surface area contributed by atoms with Crippen molar-refractivity contribution in [2.45, 2.75) is 32.6 Å². The number of nitrogens with two attached hydrogens (primary N) is 1. The third-order valence-electron chi connectivity index (χ3n) is 2.30. The SMILES string of the molecule is CCCCCC(=O)ONC(=O)c1ncccc1N. The molecule has 0 saturated heterocycles. The normalized spacial score (nSPS) is 9.83. The van der Waals surface area contributed by atoms with Crippen LogP contribution in [0.2, 0.25) is 0 Å². The van der Waals surface area contributed by atoms with Gasteiger partial charge >= 0.3 is 11.9 Å². The highest BCUT2D eigenvalue weighted by Crippen LogP contribution is 2.06. The number of unbranched alkanes of at least 4 members (excludes halogenated alkanes) is 2. The number of nitrogens with zero attached hydrogens (tertiary/aromatic N) is 1. The van der Waals surface area contributed by atoms with Gasteiger partial charge in [-0.3, -0.25) is 4.79 Å². The Kier molecular flexibility index (Phi) is 5.63. The summed E-state index contributed by atoms with van der Waals surface area (Å²) in [6, 6.07) is 3.16. The molecule has 0 aliphatic heterocycles. The number of amides is 1. The van der Waals surface area contributed by atoms with E-state index in [1.165, 1.54) is 6.20 Å². The van der Waals surface area contributed by atoms with Gasteiger partial charge in [0.25, 0.3) is 0 Å². The molecule has 1 heterocycles. The molecule has 1 rings (SSSR count). The van der Waals surface area contributed by atoms with Crippen LogP contribution in [0.3, 0.4) is 0 Å². The zero-order valence-electron chi connectivity index (χ0n) is 10.3. The lowest BCUT2D eigenvalue weighted by atomic mass is 10.2. The van der Waals surface area contributed by atoms with Gasteiger partial charge in [-0.05, 0) is 18.6 Å². The highest BCUT2D eigenvalue weighted by molar-refractivity contribution is 5.96. The minimum Gasteiger partial charge on any atom is -0.397 e. The molecule has 0 unspecified atom stereocenters. The predicted molar refractivity (Wildman–Crippen MR) is 66.3 cm³/mol. The Balaban J connectivity index is 2.38. The van der Waals surface area contributed by atoms with E-state index in [2.05, 4.69) is 9.82 Å². The molecule has 18 heavy (non-hydrogen) atoms. The summed E-state index contributed by atoms with van der Waals surface area (Å²) in [5.74, 6) is -1.09. The lowest BCUT2D eigenvalue weighted by Crippen LogP contribution is -2.28. The van der Waals surface area contributed by atoms with E-state index in [4.69, 9.17) is 5.73 Å². The van der Waals surface area contributed by atoms with Gasteiger partial charge in [-0.1, -0.05) is 19.8 Å². The zero-order chi connectivity index (χ0) is 13.4. The second-order valence-electron chi connectivity index (χ2n) is 3.80. The number of nitrogens with one attached hydrogen (secondary N) is 1. The Morgan fingerprint density at radius 1 is 1.44 bits per heavy atom. The molecule has 0 aliphatic rings. The lowest BCUT2D eigenvalue weighted by Gasteiger charge is -2.06. The summed E-state index contributed by atoms with van der Waals surface area (Å²) in [5.41, 5.74) is 7.87. The first-order valence-electron chi connectivity index (χ1n) is 5.85. The number of carbonyl (C=O) groups excluding carboxylic acids is 2. The quantitative estimate of drug-likeness (QED) is 0.610. The summed E-state index contributed by atoms with van der Waals surface area (Å²) in [4.78, 5) is 31.2. The van der Waals surface area contributed by atoms with Gasteiger partial charge in [0.05, 0.1) is 5.69 Å². The van der Waals surface area contributed by atoms with E-state index in [1.54, 1.807) is 12.1 Å². The number of rotatable bonds is 5. The molecule has 0 radical (unpaired) electrons. The molecule has 3 N–H and O–H groups in total. The minimum absolute atomic E-state index is 0.0406. The van der Waals surface area contributed by atoms with E-state index in [0.29, 0.717) is 0 Å². The number of nitrogen functional groups attached to an aromatic ring is 1. The van der Waals surface area contributed by atoms with E-state index in [9.17, 15) is 9.59 Å². The molecular formula is C12H17N3O3. The van der Waals surface area contributed by atoms with E-state index >= 15 is 0 Å². The molecule has 1 aromatic heterocycles. The Bertz CT molecular complexity index is 421. The van der Waals surface area contributed by atoms with Crippen LogP contribution in [0.5, 0.6) is 0 Å². The molecule has 0 saturated carbocycles. The standard InChI is InChI=1S/C12H17N3O3/c1-2-3-4-7-10(16)18-15-12(17)11-9(13)6-5-8-14-11/h5-6,8H,2-4,7,13H2,1H3,(H,15,17). The number of hydrogen-bond donors (Lipinski definition) is 2. The van der Waals surface area contributed by atoms with E-state index in [1.807, 2.05) is 12.4 Å². The Labute approximate surface area is 105 Å². The van der Waals surface area contributed by atoms with Crippen LogP contribution in [-0.4, -0.2) is 16.9 Å². The number of anilines is 1. The van der Waals surface area contributed by atoms with E-state index in [0.717, 1.165) is 19.3 Å². The Hall–Kier alpha value is -2.11. The van der Waals surface area contributed by atoms with Gasteiger partial charge in [0, 0.05) is 12.6 Å². The minimum atomic E-state index is -0.628. The summed E-state index contributed by atoms with van der Waals surface area (Å²) in [5, 5.41) is 0. The van der Waals surface area contributed by atoms with Gasteiger partial charge < -0.3 is 10.6 Å². The maximum Gasteiger partial charge on any atom is 0.332 e. The third kappa shape index (κ3) is 4.40. The average Bonchev–Trinajstić information content (AvgIpc) is 2.37. The van der Waals surface area contributed by atoms with Gasteiger partial charge in [0.1, 0.15) is 0 Å². The predicted octanol–water partition coefficient (Wildman–Crippen LogP) is 1.43. The molecule has 0 fully saturated rings. The molecular weight excluding hydrogens is 234 g/mol. The molecule has 0 aromatic carbocycles. The van der Waals surface area contributed by atoms with Gasteiger partial charge in [-0.25, -0.2) is 9.78 Å². The van der Waals surface area contributed by atoms with Crippen LogP contribution in [0.15, 0.2) is 18.3 Å². The van der Waals surface area contributed by atoms with Crippen molar-refractivity contribution in [2.24, 2.45) is 0 Å². The van der Waals surface area contributed by atoms with Crippen LogP contribution in [-0.2, 0) is 9.63 Å². The number of hydrogen-bond acceptors (Lipinski definition) is 5. The first-order valence-corrected chi connectivity index (χ1v) is 5.85. The van der Waals surface area contributed by atoms with Crippen molar-refractivity contribution in [2.75, 3.05) is 5.73 Å². The summed E-state index contributed by atoms with van der Waals surface area (Å²) in [7, 11) is 0. The molecule has 0 spiro atoms. The Morgan fingerprint density at radius 3 is 2.89 bits per heavy atom. The third-order valence-corrected chi connectivity index (χ3v) is 2.30. The van der Waals surface area contributed by atoms with Crippen molar-refractivity contribution in [1.29, 1.82) is 0 Å². The first kappa shape index (κ1) is 14.0. The number of hydroxylamine groups is 1. The van der Waals surface area contributed by atoms with Crippen LogP contribution >= 0.6 is 0 Å². The maximum absolute atomic E-state index is 11.6. The fourth-order valence-electron chi connectivity index (χ4n) is 1.33. The Morgan fingerprint density at radius 2 is 2.22 bits per heavy atom. The molecule has 1 amide bonds. The van der Waals surface area contributed by atoms with Crippen LogP contribution in [0.4, 0.5) is 5.69 Å². The first-order chi connectivity index (χ1) is 8.65. The highest BCUT2D eigenvalue weighted by Gasteiger charge is 2.12. The van der Waals surface area contributed by atoms with Crippen molar-refractivity contribution in [3.8, 4) is 0 Å². The fourth-order valence-corrected chi connectivity index (χ4v) is 1.33. The van der Waals surface area contributed by atoms with Crippen LogP contribution in [0, 0.1) is 0 Å². The topological polar surface area (TPSA) is 94.3 Å². The largest absolute Gasteiger partial charge is 0.397 e. The van der Waals surface area contributed by atoms with Crippen molar-refractivity contribution in [3.05, 3.63) is 24.0 Å². The van der Waals surface area contributed by atoms with Crippen molar-refractivity contribution < 1.29 is 14.4 Å². The van der Waals surface area contributed by atoms with E-state index < -0.39 is 11.9 Å². The van der Waals surface area contributed by atoms with Crippen LogP contribution in [0.25, 0.3) is 0 Å². The van der Waals surface area contributed by atoms with E-state index in [-0.39, 0.29) is 17.8 Å². The van der Waals surface area contributed by atoms with Gasteiger partial charge in [0.15, 0.2) is 5.69 Å². The van der Waals surface area contributed by atoms with Gasteiger partial charge in [0.2, 0.25) is 0 Å². The maximum atomic E-state index is 11.6. The van der Waals surface area contributed by atoms with Gasteiger partial charge in [-0.15, -0.1) is 0 Å². The van der Waals surface area contributed by atoms with Crippen LogP contribution < -0.4 is 11.2 Å². The monoisotopic (exact) mass is 251 g/mol. The van der Waals surface area contributed by atoms with Gasteiger partial charge in [-0.2, -0.15) is 5.48 Å². The summed E-state index contributed by atoms with van der Waals surface area (Å²) < 4.78 is 0. The molecule has 6 heteroatoms. The number of pyridine rings is 1. The zero-order valence-corrected chi connectivity index (χ0v) is 10.3.